The van der Waals surface area contributed by atoms with Gasteiger partial charge in [0.1, 0.15) is 17.5 Å². The molecule has 1 aromatic heterocycles. The number of hydrogen-bond acceptors (Lipinski definition) is 7. The summed E-state index contributed by atoms with van der Waals surface area (Å²) in [6.07, 6.45) is 0.858. The summed E-state index contributed by atoms with van der Waals surface area (Å²) in [5, 5.41) is 13.0. The lowest BCUT2D eigenvalue weighted by Gasteiger charge is -2.18. The Labute approximate surface area is 239 Å². The van der Waals surface area contributed by atoms with Gasteiger partial charge in [0.05, 0.1) is 38.2 Å². The number of benzene rings is 2. The normalized spacial score (nSPS) is 12.4. The predicted molar refractivity (Wildman–Crippen MR) is 149 cm³/mol. The molecule has 2 N–H and O–H groups in total. The third kappa shape index (κ3) is 8.70. The molecule has 1 amide bonds. The van der Waals surface area contributed by atoms with Gasteiger partial charge in [-0.05, 0) is 44.5 Å². The molecule has 0 aliphatic rings. The van der Waals surface area contributed by atoms with Crippen LogP contribution < -0.4 is 5.32 Å². The average molecular weight is 593 g/mol. The van der Waals surface area contributed by atoms with Crippen molar-refractivity contribution in [3.05, 3.63) is 75.4 Å². The molecule has 0 saturated carbocycles. The monoisotopic (exact) mass is 592 g/mol. The van der Waals surface area contributed by atoms with Crippen molar-refractivity contribution in [3.8, 4) is 11.3 Å². The van der Waals surface area contributed by atoms with Gasteiger partial charge in [0.2, 0.25) is 0 Å². The van der Waals surface area contributed by atoms with Crippen molar-refractivity contribution >= 4 is 34.4 Å². The van der Waals surface area contributed by atoms with Crippen molar-refractivity contribution in [2.45, 2.75) is 33.3 Å². The van der Waals surface area contributed by atoms with Gasteiger partial charge in [0.15, 0.2) is 5.13 Å². The number of carboxylic acid groups (broad SMARTS) is 1. The first kappa shape index (κ1) is 31.9. The number of amides is 1. The SMILES string of the molecule is CCOCCOCCOC(CC)c1cccc(-c2csc(NC(=O)c3cc(F)c(/C=C(\C)C(=O)O)c(F)c3)n2)c1F. The zero-order valence-electron chi connectivity index (χ0n) is 22.8. The van der Waals surface area contributed by atoms with Crippen LogP contribution in [0.5, 0.6) is 0 Å². The van der Waals surface area contributed by atoms with Gasteiger partial charge >= 0.3 is 5.97 Å². The van der Waals surface area contributed by atoms with Crippen molar-refractivity contribution in [1.82, 2.24) is 4.98 Å². The maximum absolute atomic E-state index is 15.5. The fraction of sp³-hybridized carbons (Fsp3) is 0.345. The third-order valence-electron chi connectivity index (χ3n) is 5.91. The molecule has 1 unspecified atom stereocenters. The van der Waals surface area contributed by atoms with Gasteiger partial charge in [-0.2, -0.15) is 0 Å². The molecule has 12 heteroatoms. The molecule has 0 fully saturated rings. The van der Waals surface area contributed by atoms with Gasteiger partial charge in [-0.1, -0.05) is 19.1 Å². The topological polar surface area (TPSA) is 107 Å². The highest BCUT2D eigenvalue weighted by Crippen LogP contribution is 2.33. The second kappa shape index (κ2) is 15.4. The quantitative estimate of drug-likeness (QED) is 0.154. The zero-order chi connectivity index (χ0) is 29.9. The molecule has 3 rings (SSSR count). The van der Waals surface area contributed by atoms with E-state index in [-0.39, 0.29) is 34.1 Å². The summed E-state index contributed by atoms with van der Waals surface area (Å²) in [6.45, 7) is 7.14. The van der Waals surface area contributed by atoms with Crippen LogP contribution in [0.2, 0.25) is 0 Å². The fourth-order valence-corrected chi connectivity index (χ4v) is 4.50. The maximum atomic E-state index is 15.5. The Morgan fingerprint density at radius 2 is 1.76 bits per heavy atom. The lowest BCUT2D eigenvalue weighted by Crippen LogP contribution is -2.13. The number of anilines is 1. The number of carboxylic acids is 1. The highest BCUT2D eigenvalue weighted by Gasteiger charge is 2.21. The summed E-state index contributed by atoms with van der Waals surface area (Å²) in [6, 6.07) is 6.47. The van der Waals surface area contributed by atoms with Gasteiger partial charge < -0.3 is 19.3 Å². The molecule has 220 valence electrons. The van der Waals surface area contributed by atoms with E-state index in [0.717, 1.165) is 29.5 Å². The van der Waals surface area contributed by atoms with Crippen molar-refractivity contribution in [1.29, 1.82) is 0 Å². The van der Waals surface area contributed by atoms with Crippen molar-refractivity contribution < 1.29 is 42.1 Å². The Balaban J connectivity index is 1.70. The van der Waals surface area contributed by atoms with Gasteiger partial charge in [-0.25, -0.2) is 22.9 Å². The standard InChI is InChI=1S/C29H31F3N2O6S/c1-4-25(40-12-11-39-10-9-38-5-2)20-8-6-7-19(26(20)32)24-16-41-29(33-24)34-27(35)18-14-22(30)21(23(31)15-18)13-17(3)28(36)37/h6-8,13-16,25H,4-5,9-12H2,1-3H3,(H,36,37)(H,33,34,35)/b17-13+. The smallest absolute Gasteiger partial charge is 0.331 e. The highest BCUT2D eigenvalue weighted by molar-refractivity contribution is 7.14. The minimum Gasteiger partial charge on any atom is -0.478 e. The number of thiazole rings is 1. The molecule has 0 aliphatic heterocycles. The summed E-state index contributed by atoms with van der Waals surface area (Å²) in [5.41, 5.74) is -0.351. The Morgan fingerprint density at radius 1 is 1.07 bits per heavy atom. The van der Waals surface area contributed by atoms with Gasteiger partial charge in [0, 0.05) is 39.8 Å². The van der Waals surface area contributed by atoms with E-state index in [1.54, 1.807) is 23.6 Å². The molecule has 1 heterocycles. The number of carbonyl (C=O) groups excluding carboxylic acids is 1. The van der Waals surface area contributed by atoms with Crippen LogP contribution in [0.4, 0.5) is 18.3 Å². The minimum absolute atomic E-state index is 0.0915. The molecule has 0 radical (unpaired) electrons. The average Bonchev–Trinajstić information content (AvgIpc) is 3.40. The first-order chi connectivity index (χ1) is 19.7. The number of ether oxygens (including phenoxy) is 3. The highest BCUT2D eigenvalue weighted by atomic mass is 32.1. The first-order valence-electron chi connectivity index (χ1n) is 12.9. The molecule has 1 atom stereocenters. The number of aliphatic carboxylic acids is 1. The number of nitrogens with zero attached hydrogens (tertiary/aromatic N) is 1. The molecule has 0 saturated heterocycles. The van der Waals surface area contributed by atoms with E-state index in [2.05, 4.69) is 10.3 Å². The van der Waals surface area contributed by atoms with E-state index < -0.39 is 41.0 Å². The summed E-state index contributed by atoms with van der Waals surface area (Å²) in [5.74, 6) is -4.88. The third-order valence-corrected chi connectivity index (χ3v) is 6.67. The number of rotatable bonds is 15. The first-order valence-corrected chi connectivity index (χ1v) is 13.8. The van der Waals surface area contributed by atoms with Gasteiger partial charge in [-0.3, -0.25) is 10.1 Å². The molecular formula is C29H31F3N2O6S. The Bertz CT molecular complexity index is 1370. The maximum Gasteiger partial charge on any atom is 0.331 e. The van der Waals surface area contributed by atoms with Crippen molar-refractivity contribution in [2.75, 3.05) is 38.4 Å². The lowest BCUT2D eigenvalue weighted by atomic mass is 10.0. The second-order valence-corrected chi connectivity index (χ2v) is 9.62. The summed E-state index contributed by atoms with van der Waals surface area (Å²) in [7, 11) is 0. The Hall–Kier alpha value is -3.58. The van der Waals surface area contributed by atoms with E-state index in [0.29, 0.717) is 38.4 Å². The fourth-order valence-electron chi connectivity index (χ4n) is 3.79. The summed E-state index contributed by atoms with van der Waals surface area (Å²) in [4.78, 5) is 27.9. The summed E-state index contributed by atoms with van der Waals surface area (Å²) < 4.78 is 61.0. The number of nitrogens with one attached hydrogen (secondary N) is 1. The van der Waals surface area contributed by atoms with Crippen LogP contribution in [-0.2, 0) is 19.0 Å². The van der Waals surface area contributed by atoms with Crippen LogP contribution in [-0.4, -0.2) is 55.0 Å². The minimum atomic E-state index is -1.33. The van der Waals surface area contributed by atoms with E-state index in [9.17, 15) is 18.4 Å². The molecular weight excluding hydrogens is 561 g/mol. The number of hydrogen-bond donors (Lipinski definition) is 2. The largest absolute Gasteiger partial charge is 0.478 e. The Kier molecular flexibility index (Phi) is 12.0. The zero-order valence-corrected chi connectivity index (χ0v) is 23.7. The van der Waals surface area contributed by atoms with Gasteiger partial charge in [0.25, 0.3) is 5.91 Å². The van der Waals surface area contributed by atoms with Crippen molar-refractivity contribution in [2.24, 2.45) is 0 Å². The molecule has 8 nitrogen and oxygen atoms in total. The molecule has 41 heavy (non-hydrogen) atoms. The van der Waals surface area contributed by atoms with Crippen LogP contribution in [0.25, 0.3) is 17.3 Å². The van der Waals surface area contributed by atoms with E-state index >= 15 is 4.39 Å². The van der Waals surface area contributed by atoms with Crippen molar-refractivity contribution in [3.63, 3.8) is 0 Å². The molecule has 0 spiro atoms. The van der Waals surface area contributed by atoms with E-state index in [1.807, 2.05) is 13.8 Å². The predicted octanol–water partition coefficient (Wildman–Crippen LogP) is 6.49. The van der Waals surface area contributed by atoms with Crippen LogP contribution >= 0.6 is 11.3 Å². The van der Waals surface area contributed by atoms with Crippen LogP contribution in [0.15, 0.2) is 41.3 Å². The van der Waals surface area contributed by atoms with E-state index in [4.69, 9.17) is 19.3 Å². The van der Waals surface area contributed by atoms with E-state index in [1.165, 1.54) is 6.92 Å². The van der Waals surface area contributed by atoms with Crippen LogP contribution in [0.3, 0.4) is 0 Å². The summed E-state index contributed by atoms with van der Waals surface area (Å²) >= 11 is 1.01. The number of aromatic nitrogens is 1. The molecule has 3 aromatic rings. The molecule has 2 aromatic carbocycles. The Morgan fingerprint density at radius 3 is 2.41 bits per heavy atom. The number of carbonyl (C=O) groups is 2. The molecule has 0 bridgehead atoms. The lowest BCUT2D eigenvalue weighted by molar-refractivity contribution is -0.132. The van der Waals surface area contributed by atoms with Crippen LogP contribution in [0, 0.1) is 17.5 Å². The van der Waals surface area contributed by atoms with Gasteiger partial charge in [-0.15, -0.1) is 11.3 Å². The number of halogens is 3. The molecule has 0 aliphatic carbocycles. The second-order valence-electron chi connectivity index (χ2n) is 8.76. The van der Waals surface area contributed by atoms with Crippen LogP contribution in [0.1, 0.15) is 54.8 Å².